The van der Waals surface area contributed by atoms with E-state index in [-0.39, 0.29) is 6.61 Å². The zero-order valence-electron chi connectivity index (χ0n) is 5.69. The molecule has 0 radical (unpaired) electrons. The van der Waals surface area contributed by atoms with E-state index in [1.54, 1.807) is 24.4 Å². The topological polar surface area (TPSA) is 62.2 Å². The van der Waals surface area contributed by atoms with Crippen molar-refractivity contribution in [1.82, 2.24) is 4.98 Å². The van der Waals surface area contributed by atoms with E-state index in [1.807, 2.05) is 0 Å². The average Bonchev–Trinajstić information content (AvgIpc) is 2.03. The van der Waals surface area contributed by atoms with Gasteiger partial charge >= 0.3 is 0 Å². The quantitative estimate of drug-likeness (QED) is 0.557. The number of carbonyl (C=O) groups is 1. The number of hydrogen-bond acceptors (Lipinski definition) is 4. The Kier molecular flexibility index (Phi) is 2.43. The third-order valence-corrected chi connectivity index (χ3v) is 1.06. The maximum absolute atomic E-state index is 9.81. The molecule has 0 aliphatic heterocycles. The zero-order valence-corrected chi connectivity index (χ0v) is 5.69. The molecule has 1 heterocycles. The summed E-state index contributed by atoms with van der Waals surface area (Å²) < 4.78 is 4.17. The Balaban J connectivity index is 2.45. The van der Waals surface area contributed by atoms with Gasteiger partial charge in [0.1, 0.15) is 0 Å². The highest BCUT2D eigenvalue weighted by Gasteiger charge is 1.89. The number of pyridine rings is 1. The summed E-state index contributed by atoms with van der Waals surface area (Å²) in [5, 5.41) is 9.81. The lowest BCUT2D eigenvalue weighted by Gasteiger charge is -2.05. The first-order valence-electron chi connectivity index (χ1n) is 3.03. The van der Waals surface area contributed by atoms with Crippen LogP contribution in [0.3, 0.4) is 0 Å². The third-order valence-electron chi connectivity index (χ3n) is 1.06. The first-order chi connectivity index (χ1) is 5.29. The minimum atomic E-state index is -1.53. The van der Waals surface area contributed by atoms with Gasteiger partial charge in [-0.2, -0.15) is 0 Å². The molecule has 4 nitrogen and oxygen atoms in total. The van der Waals surface area contributed by atoms with E-state index in [0.717, 1.165) is 0 Å². The standard InChI is InChI=1S/C7H7NO3/c9-7(10)11-5-6-3-1-2-4-8-6/h1-4H,5H2,(H,9,10)/p-1. The predicted molar refractivity (Wildman–Crippen MR) is 34.4 cm³/mol. The highest BCUT2D eigenvalue weighted by atomic mass is 16.7. The first kappa shape index (κ1) is 7.53. The monoisotopic (exact) mass is 152 g/mol. The van der Waals surface area contributed by atoms with Crippen molar-refractivity contribution >= 4 is 6.16 Å². The molecule has 0 aliphatic rings. The Labute approximate surface area is 63.5 Å². The molecule has 0 aromatic carbocycles. The van der Waals surface area contributed by atoms with E-state index in [2.05, 4.69) is 9.72 Å². The maximum Gasteiger partial charge on any atom is 0.252 e. The SMILES string of the molecule is O=C([O-])OCc1ccccn1. The molecule has 0 fully saturated rings. The van der Waals surface area contributed by atoms with Gasteiger partial charge in [-0.05, 0) is 12.1 Å². The summed E-state index contributed by atoms with van der Waals surface area (Å²) in [7, 11) is 0. The summed E-state index contributed by atoms with van der Waals surface area (Å²) in [5.74, 6) is 0. The molecule has 0 unspecified atom stereocenters. The molecule has 0 saturated heterocycles. The predicted octanol–water partition coefficient (Wildman–Crippen LogP) is -0.0585. The van der Waals surface area contributed by atoms with Gasteiger partial charge in [-0.25, -0.2) is 0 Å². The van der Waals surface area contributed by atoms with Gasteiger partial charge in [0.2, 0.25) is 0 Å². The van der Waals surface area contributed by atoms with Gasteiger partial charge in [0.25, 0.3) is 6.16 Å². The fraction of sp³-hybridized carbons (Fsp3) is 0.143. The summed E-state index contributed by atoms with van der Waals surface area (Å²) in [5.41, 5.74) is 0.566. The minimum Gasteiger partial charge on any atom is -0.543 e. The van der Waals surface area contributed by atoms with Crippen molar-refractivity contribution in [2.75, 3.05) is 0 Å². The number of carbonyl (C=O) groups excluding carboxylic acids is 1. The van der Waals surface area contributed by atoms with Crippen LogP contribution in [0.5, 0.6) is 0 Å². The van der Waals surface area contributed by atoms with Crippen molar-refractivity contribution in [2.45, 2.75) is 6.61 Å². The van der Waals surface area contributed by atoms with Crippen molar-refractivity contribution in [2.24, 2.45) is 0 Å². The second-order valence-electron chi connectivity index (χ2n) is 1.86. The second-order valence-corrected chi connectivity index (χ2v) is 1.86. The molecule has 1 aromatic rings. The van der Waals surface area contributed by atoms with Gasteiger partial charge in [-0.1, -0.05) is 6.07 Å². The maximum atomic E-state index is 9.81. The lowest BCUT2D eigenvalue weighted by atomic mass is 10.4. The third kappa shape index (κ3) is 2.66. The normalized spacial score (nSPS) is 9.09. The number of hydrogen-bond donors (Lipinski definition) is 0. The van der Waals surface area contributed by atoms with Gasteiger partial charge in [0, 0.05) is 6.20 Å². The molecule has 0 spiro atoms. The molecule has 0 saturated carbocycles. The summed E-state index contributed by atoms with van der Waals surface area (Å²) >= 11 is 0. The molecule has 0 bridgehead atoms. The largest absolute Gasteiger partial charge is 0.543 e. The summed E-state index contributed by atoms with van der Waals surface area (Å²) in [6, 6.07) is 5.16. The van der Waals surface area contributed by atoms with E-state index in [9.17, 15) is 9.90 Å². The van der Waals surface area contributed by atoms with Crippen molar-refractivity contribution in [3.63, 3.8) is 0 Å². The lowest BCUT2D eigenvalue weighted by Crippen LogP contribution is -2.23. The van der Waals surface area contributed by atoms with Crippen molar-refractivity contribution < 1.29 is 14.6 Å². The van der Waals surface area contributed by atoms with Crippen molar-refractivity contribution in [3.05, 3.63) is 30.1 Å². The van der Waals surface area contributed by atoms with Gasteiger partial charge in [-0.3, -0.25) is 4.98 Å². The van der Waals surface area contributed by atoms with Gasteiger partial charge < -0.3 is 14.6 Å². The van der Waals surface area contributed by atoms with E-state index < -0.39 is 6.16 Å². The zero-order chi connectivity index (χ0) is 8.10. The van der Waals surface area contributed by atoms with Crippen LogP contribution in [0.15, 0.2) is 24.4 Å². The molecule has 0 atom stereocenters. The molecule has 0 aliphatic carbocycles. The Morgan fingerprint density at radius 3 is 3.00 bits per heavy atom. The molecule has 1 rings (SSSR count). The number of nitrogens with zero attached hydrogens (tertiary/aromatic N) is 1. The van der Waals surface area contributed by atoms with E-state index >= 15 is 0 Å². The summed E-state index contributed by atoms with van der Waals surface area (Å²) in [6.45, 7) is -0.0524. The highest BCUT2D eigenvalue weighted by molar-refractivity contribution is 5.53. The first-order valence-corrected chi connectivity index (χ1v) is 3.03. The van der Waals surface area contributed by atoms with E-state index in [4.69, 9.17) is 0 Å². The van der Waals surface area contributed by atoms with E-state index in [1.165, 1.54) is 0 Å². The fourth-order valence-corrected chi connectivity index (χ4v) is 0.616. The van der Waals surface area contributed by atoms with Gasteiger partial charge in [0.15, 0.2) is 0 Å². The number of ether oxygens (including phenoxy) is 1. The van der Waals surface area contributed by atoms with Crippen LogP contribution in [0.4, 0.5) is 4.79 Å². The molecule has 58 valence electrons. The number of aromatic nitrogens is 1. The van der Waals surface area contributed by atoms with Crippen LogP contribution in [-0.4, -0.2) is 11.1 Å². The Hall–Kier alpha value is -1.58. The lowest BCUT2D eigenvalue weighted by molar-refractivity contribution is -0.284. The van der Waals surface area contributed by atoms with E-state index in [0.29, 0.717) is 5.69 Å². The molecule has 4 heteroatoms. The average molecular weight is 152 g/mol. The molecular weight excluding hydrogens is 146 g/mol. The Bertz CT molecular complexity index is 235. The van der Waals surface area contributed by atoms with Gasteiger partial charge in [0.05, 0.1) is 12.3 Å². The number of carboxylic acid groups (broad SMARTS) is 1. The highest BCUT2D eigenvalue weighted by Crippen LogP contribution is 1.94. The van der Waals surface area contributed by atoms with Crippen LogP contribution in [0.1, 0.15) is 5.69 Å². The van der Waals surface area contributed by atoms with Crippen molar-refractivity contribution in [1.29, 1.82) is 0 Å². The summed E-state index contributed by atoms with van der Waals surface area (Å²) in [6.07, 6.45) is 0.0317. The molecular formula is C7H6NO3-. The Morgan fingerprint density at radius 2 is 2.45 bits per heavy atom. The van der Waals surface area contributed by atoms with Crippen LogP contribution < -0.4 is 5.11 Å². The van der Waals surface area contributed by atoms with Crippen LogP contribution in [0.25, 0.3) is 0 Å². The van der Waals surface area contributed by atoms with Crippen LogP contribution in [-0.2, 0) is 11.3 Å². The smallest absolute Gasteiger partial charge is 0.252 e. The second kappa shape index (κ2) is 3.55. The summed E-state index contributed by atoms with van der Waals surface area (Å²) in [4.78, 5) is 13.6. The van der Waals surface area contributed by atoms with Crippen LogP contribution in [0.2, 0.25) is 0 Å². The minimum absolute atomic E-state index is 0.0524. The van der Waals surface area contributed by atoms with Crippen LogP contribution in [0, 0.1) is 0 Å². The number of rotatable bonds is 2. The Morgan fingerprint density at radius 1 is 1.64 bits per heavy atom. The molecule has 0 N–H and O–H groups in total. The molecule has 11 heavy (non-hydrogen) atoms. The van der Waals surface area contributed by atoms with Gasteiger partial charge in [-0.15, -0.1) is 0 Å². The molecule has 0 amide bonds. The van der Waals surface area contributed by atoms with Crippen LogP contribution >= 0.6 is 0 Å². The van der Waals surface area contributed by atoms with Crippen molar-refractivity contribution in [3.8, 4) is 0 Å². The fourth-order valence-electron chi connectivity index (χ4n) is 0.616. The molecule has 1 aromatic heterocycles.